The number of hydrogen-bond acceptors (Lipinski definition) is 4. The Labute approximate surface area is 120 Å². The summed E-state index contributed by atoms with van der Waals surface area (Å²) in [6.07, 6.45) is 6.06. The molecule has 1 aromatic rings. The second-order valence-electron chi connectivity index (χ2n) is 4.77. The Morgan fingerprint density at radius 2 is 2.16 bits per heavy atom. The van der Waals surface area contributed by atoms with E-state index in [1.807, 2.05) is 6.07 Å². The zero-order valence-corrected chi connectivity index (χ0v) is 13.1. The first-order valence-electron chi connectivity index (χ1n) is 6.37. The van der Waals surface area contributed by atoms with Gasteiger partial charge in [0.15, 0.2) is 9.84 Å². The highest BCUT2D eigenvalue weighted by Gasteiger charge is 2.26. The van der Waals surface area contributed by atoms with Gasteiger partial charge in [0.25, 0.3) is 0 Å². The standard InChI is InChI=1S/C13H21ClN2O2S/c1-4-6-16-13(10(2)19(3,17)18)8-11-5-7-15-9-12(11)14/h5,7,9-10,13,16H,4,6,8H2,1-3H3. The molecular weight excluding hydrogens is 284 g/mol. The van der Waals surface area contributed by atoms with Gasteiger partial charge in [-0.25, -0.2) is 8.42 Å². The lowest BCUT2D eigenvalue weighted by atomic mass is 10.0. The maximum atomic E-state index is 11.7. The molecule has 0 saturated carbocycles. The van der Waals surface area contributed by atoms with Crippen LogP contribution in [0.2, 0.25) is 5.02 Å². The molecule has 0 aliphatic heterocycles. The van der Waals surface area contributed by atoms with Crippen LogP contribution in [-0.4, -0.2) is 37.5 Å². The summed E-state index contributed by atoms with van der Waals surface area (Å²) in [5.41, 5.74) is 0.917. The molecule has 1 rings (SSSR count). The van der Waals surface area contributed by atoms with Crippen LogP contribution in [0.4, 0.5) is 0 Å². The van der Waals surface area contributed by atoms with E-state index in [9.17, 15) is 8.42 Å². The smallest absolute Gasteiger partial charge is 0.151 e. The second kappa shape index (κ2) is 7.22. The third kappa shape index (κ3) is 5.09. The molecule has 0 radical (unpaired) electrons. The van der Waals surface area contributed by atoms with Crippen LogP contribution in [0.5, 0.6) is 0 Å². The first-order chi connectivity index (χ1) is 8.86. The number of nitrogens with one attached hydrogen (secondary N) is 1. The summed E-state index contributed by atoms with van der Waals surface area (Å²) < 4.78 is 23.5. The van der Waals surface area contributed by atoms with Gasteiger partial charge in [0.2, 0.25) is 0 Å². The first kappa shape index (κ1) is 16.4. The van der Waals surface area contributed by atoms with Gasteiger partial charge < -0.3 is 5.32 Å². The van der Waals surface area contributed by atoms with Gasteiger partial charge >= 0.3 is 0 Å². The minimum absolute atomic E-state index is 0.144. The largest absolute Gasteiger partial charge is 0.312 e. The van der Waals surface area contributed by atoms with E-state index >= 15 is 0 Å². The fourth-order valence-electron chi connectivity index (χ4n) is 1.84. The van der Waals surface area contributed by atoms with Crippen molar-refractivity contribution in [2.45, 2.75) is 38.0 Å². The highest BCUT2D eigenvalue weighted by atomic mass is 35.5. The molecule has 0 spiro atoms. The Morgan fingerprint density at radius 1 is 1.47 bits per heavy atom. The van der Waals surface area contributed by atoms with Crippen molar-refractivity contribution in [1.29, 1.82) is 0 Å². The van der Waals surface area contributed by atoms with E-state index in [0.29, 0.717) is 11.4 Å². The number of rotatable bonds is 7. The van der Waals surface area contributed by atoms with Crippen LogP contribution in [0, 0.1) is 0 Å². The van der Waals surface area contributed by atoms with Crippen LogP contribution < -0.4 is 5.32 Å². The molecule has 0 saturated heterocycles. The van der Waals surface area contributed by atoms with E-state index < -0.39 is 15.1 Å². The van der Waals surface area contributed by atoms with Crippen LogP contribution in [0.1, 0.15) is 25.8 Å². The van der Waals surface area contributed by atoms with E-state index in [-0.39, 0.29) is 6.04 Å². The maximum Gasteiger partial charge on any atom is 0.151 e. The molecule has 2 atom stereocenters. The molecule has 0 aliphatic carbocycles. The second-order valence-corrected chi connectivity index (χ2v) is 7.58. The van der Waals surface area contributed by atoms with Gasteiger partial charge in [0, 0.05) is 24.7 Å². The molecule has 4 nitrogen and oxygen atoms in total. The van der Waals surface area contributed by atoms with Crippen molar-refractivity contribution in [3.8, 4) is 0 Å². The van der Waals surface area contributed by atoms with Crippen LogP contribution in [-0.2, 0) is 16.3 Å². The van der Waals surface area contributed by atoms with Crippen LogP contribution in [0.25, 0.3) is 0 Å². The number of pyridine rings is 1. The lowest BCUT2D eigenvalue weighted by molar-refractivity contribution is 0.482. The molecule has 0 bridgehead atoms. The summed E-state index contributed by atoms with van der Waals surface area (Å²) in [6.45, 7) is 4.57. The van der Waals surface area contributed by atoms with E-state index in [4.69, 9.17) is 11.6 Å². The minimum Gasteiger partial charge on any atom is -0.312 e. The molecule has 1 aromatic heterocycles. The van der Waals surface area contributed by atoms with Crippen molar-refractivity contribution in [2.24, 2.45) is 0 Å². The SMILES string of the molecule is CCCNC(Cc1ccncc1Cl)C(C)S(C)(=O)=O. The summed E-state index contributed by atoms with van der Waals surface area (Å²) in [5.74, 6) is 0. The van der Waals surface area contributed by atoms with Gasteiger partial charge in [0.1, 0.15) is 0 Å². The normalized spacial score (nSPS) is 15.2. The summed E-state index contributed by atoms with van der Waals surface area (Å²) in [4.78, 5) is 3.94. The summed E-state index contributed by atoms with van der Waals surface area (Å²) in [7, 11) is -3.09. The molecule has 1 heterocycles. The molecule has 2 unspecified atom stereocenters. The topological polar surface area (TPSA) is 59.1 Å². The number of hydrogen-bond donors (Lipinski definition) is 1. The van der Waals surface area contributed by atoms with E-state index in [2.05, 4.69) is 17.2 Å². The Morgan fingerprint density at radius 3 is 2.68 bits per heavy atom. The zero-order chi connectivity index (χ0) is 14.5. The minimum atomic E-state index is -3.09. The lowest BCUT2D eigenvalue weighted by Gasteiger charge is -2.24. The molecule has 0 amide bonds. The number of aromatic nitrogens is 1. The third-order valence-corrected chi connectivity index (χ3v) is 5.21. The van der Waals surface area contributed by atoms with Crippen molar-refractivity contribution < 1.29 is 8.42 Å². The fraction of sp³-hybridized carbons (Fsp3) is 0.615. The highest BCUT2D eigenvalue weighted by molar-refractivity contribution is 7.91. The summed E-state index contributed by atoms with van der Waals surface area (Å²) in [6, 6.07) is 1.69. The van der Waals surface area contributed by atoms with E-state index in [1.54, 1.807) is 19.3 Å². The molecule has 108 valence electrons. The van der Waals surface area contributed by atoms with Gasteiger partial charge in [-0.2, -0.15) is 0 Å². The maximum absolute atomic E-state index is 11.7. The summed E-state index contributed by atoms with van der Waals surface area (Å²) in [5, 5.41) is 3.41. The predicted molar refractivity (Wildman–Crippen MR) is 79.3 cm³/mol. The predicted octanol–water partition coefficient (Wildman–Crippen LogP) is 2.08. The van der Waals surface area contributed by atoms with Crippen LogP contribution in [0.15, 0.2) is 18.5 Å². The van der Waals surface area contributed by atoms with Crippen molar-refractivity contribution in [2.75, 3.05) is 12.8 Å². The monoisotopic (exact) mass is 304 g/mol. The molecule has 6 heteroatoms. The highest BCUT2D eigenvalue weighted by Crippen LogP contribution is 2.18. The van der Waals surface area contributed by atoms with Gasteiger partial charge in [-0.1, -0.05) is 18.5 Å². The molecular formula is C13H21ClN2O2S. The fourth-order valence-corrected chi connectivity index (χ4v) is 2.82. The van der Waals surface area contributed by atoms with E-state index in [1.165, 1.54) is 6.26 Å². The summed E-state index contributed by atoms with van der Waals surface area (Å²) >= 11 is 6.08. The molecule has 0 fully saturated rings. The average Bonchev–Trinajstić information content (AvgIpc) is 2.34. The Kier molecular flexibility index (Phi) is 6.23. The third-order valence-electron chi connectivity index (χ3n) is 3.19. The number of halogens is 1. The van der Waals surface area contributed by atoms with Crippen molar-refractivity contribution in [3.63, 3.8) is 0 Å². The quantitative estimate of drug-likeness (QED) is 0.838. The lowest BCUT2D eigenvalue weighted by Crippen LogP contribution is -2.44. The first-order valence-corrected chi connectivity index (χ1v) is 8.70. The van der Waals surface area contributed by atoms with Crippen LogP contribution in [0.3, 0.4) is 0 Å². The molecule has 19 heavy (non-hydrogen) atoms. The van der Waals surface area contributed by atoms with Gasteiger partial charge in [-0.3, -0.25) is 4.98 Å². The van der Waals surface area contributed by atoms with Crippen molar-refractivity contribution in [1.82, 2.24) is 10.3 Å². The van der Waals surface area contributed by atoms with Crippen molar-refractivity contribution >= 4 is 21.4 Å². The van der Waals surface area contributed by atoms with E-state index in [0.717, 1.165) is 18.5 Å². The zero-order valence-electron chi connectivity index (χ0n) is 11.6. The Bertz CT molecular complexity index is 505. The Balaban J connectivity index is 2.89. The molecule has 0 aromatic carbocycles. The van der Waals surface area contributed by atoms with Crippen LogP contribution >= 0.6 is 11.6 Å². The molecule has 0 aliphatic rings. The van der Waals surface area contributed by atoms with Gasteiger partial charge in [-0.05, 0) is 37.9 Å². The van der Waals surface area contributed by atoms with Gasteiger partial charge in [-0.15, -0.1) is 0 Å². The van der Waals surface area contributed by atoms with Crippen molar-refractivity contribution in [3.05, 3.63) is 29.0 Å². The van der Waals surface area contributed by atoms with Gasteiger partial charge in [0.05, 0.1) is 10.3 Å². The average molecular weight is 305 g/mol. The number of nitrogens with zero attached hydrogens (tertiary/aromatic N) is 1. The Hall–Kier alpha value is -0.650. The number of sulfone groups is 1. The molecule has 1 N–H and O–H groups in total.